The van der Waals surface area contributed by atoms with Gasteiger partial charge < -0.3 is 15.6 Å². The van der Waals surface area contributed by atoms with Crippen LogP contribution in [0.1, 0.15) is 26.2 Å². The van der Waals surface area contributed by atoms with Crippen LogP contribution in [0.5, 0.6) is 0 Å². The quantitative estimate of drug-likeness (QED) is 0.575. The smallest absolute Gasteiger partial charge is 0.0804 e. The van der Waals surface area contributed by atoms with Gasteiger partial charge in [-0.25, -0.2) is 0 Å². The second-order valence-electron chi connectivity index (χ2n) is 3.72. The van der Waals surface area contributed by atoms with Crippen molar-refractivity contribution in [2.24, 2.45) is 11.7 Å². The van der Waals surface area contributed by atoms with Crippen LogP contribution in [0.4, 0.5) is 0 Å². The lowest BCUT2D eigenvalue weighted by Gasteiger charge is -2.28. The Kier molecular flexibility index (Phi) is 3.50. The average molecular weight is 173 g/mol. The monoisotopic (exact) mass is 173 g/mol. The highest BCUT2D eigenvalue weighted by Crippen LogP contribution is 2.41. The van der Waals surface area contributed by atoms with E-state index in [0.29, 0.717) is 25.5 Å². The minimum atomic E-state index is -0.130. The molecule has 0 spiro atoms. The Bertz CT molecular complexity index is 136. The predicted molar refractivity (Wildman–Crippen MR) is 47.8 cm³/mol. The Labute approximate surface area is 73.9 Å². The molecule has 1 rings (SSSR count). The molecule has 72 valence electrons. The third kappa shape index (κ3) is 2.44. The summed E-state index contributed by atoms with van der Waals surface area (Å²) in [5, 5.41) is 8.58. The van der Waals surface area contributed by atoms with Gasteiger partial charge in [0.1, 0.15) is 0 Å². The van der Waals surface area contributed by atoms with Crippen molar-refractivity contribution in [1.29, 1.82) is 0 Å². The van der Waals surface area contributed by atoms with E-state index in [9.17, 15) is 0 Å². The van der Waals surface area contributed by atoms with Gasteiger partial charge in [0.05, 0.1) is 5.60 Å². The van der Waals surface area contributed by atoms with Crippen LogP contribution < -0.4 is 5.73 Å². The molecule has 1 aliphatic carbocycles. The highest BCUT2D eigenvalue weighted by Gasteiger charge is 2.41. The number of nitrogens with two attached hydrogens (primary N) is 1. The summed E-state index contributed by atoms with van der Waals surface area (Å²) in [7, 11) is 0. The zero-order valence-corrected chi connectivity index (χ0v) is 7.75. The predicted octanol–water partition coefficient (Wildman–Crippen LogP) is 0.513. The molecule has 3 N–H and O–H groups in total. The van der Waals surface area contributed by atoms with Crippen molar-refractivity contribution in [2.75, 3.05) is 19.8 Å². The summed E-state index contributed by atoms with van der Waals surface area (Å²) in [6.07, 6.45) is 3.20. The molecule has 0 aromatic rings. The van der Waals surface area contributed by atoms with Crippen molar-refractivity contribution in [1.82, 2.24) is 0 Å². The van der Waals surface area contributed by atoms with Gasteiger partial charge in [-0.2, -0.15) is 0 Å². The number of rotatable bonds is 6. The van der Waals surface area contributed by atoms with E-state index in [1.807, 2.05) is 0 Å². The third-order valence-corrected chi connectivity index (χ3v) is 2.58. The van der Waals surface area contributed by atoms with Gasteiger partial charge >= 0.3 is 0 Å². The van der Waals surface area contributed by atoms with Gasteiger partial charge in [-0.1, -0.05) is 0 Å². The van der Waals surface area contributed by atoms with E-state index in [1.165, 1.54) is 12.8 Å². The first-order valence-electron chi connectivity index (χ1n) is 4.68. The minimum absolute atomic E-state index is 0.130. The second-order valence-corrected chi connectivity index (χ2v) is 3.72. The third-order valence-electron chi connectivity index (χ3n) is 2.58. The van der Waals surface area contributed by atoms with E-state index < -0.39 is 0 Å². The lowest BCUT2D eigenvalue weighted by molar-refractivity contribution is -0.0454. The summed E-state index contributed by atoms with van der Waals surface area (Å²) < 4.78 is 5.66. The van der Waals surface area contributed by atoms with E-state index in [1.54, 1.807) is 0 Å². The summed E-state index contributed by atoms with van der Waals surface area (Å²) >= 11 is 0. The van der Waals surface area contributed by atoms with Crippen LogP contribution in [0.2, 0.25) is 0 Å². The summed E-state index contributed by atoms with van der Waals surface area (Å²) in [5.41, 5.74) is 5.51. The number of aliphatic hydroxyl groups is 1. The molecule has 1 unspecified atom stereocenters. The zero-order valence-electron chi connectivity index (χ0n) is 7.75. The molecular weight excluding hydrogens is 154 g/mol. The van der Waals surface area contributed by atoms with Gasteiger partial charge in [-0.15, -0.1) is 0 Å². The van der Waals surface area contributed by atoms with E-state index in [2.05, 4.69) is 6.92 Å². The maximum atomic E-state index is 8.58. The summed E-state index contributed by atoms with van der Waals surface area (Å²) in [6.45, 7) is 3.48. The Morgan fingerprint density at radius 1 is 1.58 bits per heavy atom. The largest absolute Gasteiger partial charge is 0.396 e. The van der Waals surface area contributed by atoms with E-state index in [0.717, 1.165) is 0 Å². The van der Waals surface area contributed by atoms with Crippen molar-refractivity contribution in [2.45, 2.75) is 31.8 Å². The van der Waals surface area contributed by atoms with Crippen molar-refractivity contribution in [3.63, 3.8) is 0 Å². The average Bonchev–Trinajstić information content (AvgIpc) is 2.87. The summed E-state index contributed by atoms with van der Waals surface area (Å²) in [6, 6.07) is 0. The molecule has 1 atom stereocenters. The Morgan fingerprint density at radius 2 is 2.25 bits per heavy atom. The summed E-state index contributed by atoms with van der Waals surface area (Å²) in [5.74, 6) is 0.654. The minimum Gasteiger partial charge on any atom is -0.396 e. The van der Waals surface area contributed by atoms with Crippen molar-refractivity contribution >= 4 is 0 Å². The van der Waals surface area contributed by atoms with Crippen LogP contribution in [0.25, 0.3) is 0 Å². The standard InChI is InChI=1S/C9H19NO2/c1-9(7-10,8-3-4-8)12-6-2-5-11/h8,11H,2-7,10H2,1H3. The molecule has 0 bridgehead atoms. The fourth-order valence-corrected chi connectivity index (χ4v) is 1.41. The van der Waals surface area contributed by atoms with E-state index in [-0.39, 0.29) is 12.2 Å². The molecule has 0 aromatic carbocycles. The van der Waals surface area contributed by atoms with Gasteiger partial charge in [0.25, 0.3) is 0 Å². The van der Waals surface area contributed by atoms with Crippen LogP contribution in [0.3, 0.4) is 0 Å². The fraction of sp³-hybridized carbons (Fsp3) is 1.00. The first-order chi connectivity index (χ1) is 5.73. The normalized spacial score (nSPS) is 22.2. The van der Waals surface area contributed by atoms with Crippen LogP contribution >= 0.6 is 0 Å². The number of hydrogen-bond donors (Lipinski definition) is 2. The van der Waals surface area contributed by atoms with Crippen molar-refractivity contribution in [3.8, 4) is 0 Å². The zero-order chi connectivity index (χ0) is 9.03. The van der Waals surface area contributed by atoms with Crippen LogP contribution in [0, 0.1) is 5.92 Å². The van der Waals surface area contributed by atoms with Crippen LogP contribution in [-0.2, 0) is 4.74 Å². The van der Waals surface area contributed by atoms with Crippen LogP contribution in [0.15, 0.2) is 0 Å². The van der Waals surface area contributed by atoms with Crippen molar-refractivity contribution in [3.05, 3.63) is 0 Å². The molecule has 1 aliphatic rings. The van der Waals surface area contributed by atoms with Crippen LogP contribution in [-0.4, -0.2) is 30.5 Å². The lowest BCUT2D eigenvalue weighted by Crippen LogP contribution is -2.40. The highest BCUT2D eigenvalue weighted by molar-refractivity contribution is 4.93. The van der Waals surface area contributed by atoms with Gasteiger partial charge in [0.2, 0.25) is 0 Å². The SMILES string of the molecule is CC(CN)(OCCCO)C1CC1. The molecule has 12 heavy (non-hydrogen) atoms. The molecule has 0 heterocycles. The fourth-order valence-electron chi connectivity index (χ4n) is 1.41. The molecule has 3 nitrogen and oxygen atoms in total. The molecule has 0 aromatic heterocycles. The lowest BCUT2D eigenvalue weighted by atomic mass is 10.0. The van der Waals surface area contributed by atoms with Gasteiger partial charge in [-0.05, 0) is 32.1 Å². The summed E-state index contributed by atoms with van der Waals surface area (Å²) in [4.78, 5) is 0. The Balaban J connectivity index is 2.23. The number of ether oxygens (including phenoxy) is 1. The van der Waals surface area contributed by atoms with Gasteiger partial charge in [0, 0.05) is 19.8 Å². The Hall–Kier alpha value is -0.120. The number of hydrogen-bond acceptors (Lipinski definition) is 3. The molecule has 0 aliphatic heterocycles. The first-order valence-corrected chi connectivity index (χ1v) is 4.68. The first kappa shape index (κ1) is 9.96. The van der Waals surface area contributed by atoms with Crippen molar-refractivity contribution < 1.29 is 9.84 Å². The van der Waals surface area contributed by atoms with Gasteiger partial charge in [0.15, 0.2) is 0 Å². The highest BCUT2D eigenvalue weighted by atomic mass is 16.5. The second kappa shape index (κ2) is 4.21. The topological polar surface area (TPSA) is 55.5 Å². The molecule has 0 radical (unpaired) electrons. The molecular formula is C9H19NO2. The maximum absolute atomic E-state index is 8.58. The molecule has 3 heteroatoms. The Morgan fingerprint density at radius 3 is 2.67 bits per heavy atom. The number of aliphatic hydroxyl groups excluding tert-OH is 1. The van der Waals surface area contributed by atoms with Gasteiger partial charge in [-0.3, -0.25) is 0 Å². The van der Waals surface area contributed by atoms with E-state index >= 15 is 0 Å². The molecule has 0 saturated heterocycles. The molecule has 0 amide bonds. The molecule has 1 saturated carbocycles. The van der Waals surface area contributed by atoms with E-state index in [4.69, 9.17) is 15.6 Å². The molecule has 1 fully saturated rings. The maximum Gasteiger partial charge on any atom is 0.0804 e.